The fourth-order valence-electron chi connectivity index (χ4n) is 13.2. The summed E-state index contributed by atoms with van der Waals surface area (Å²) in [6.45, 7) is 0. The maximum absolute atomic E-state index is 5.78. The lowest BCUT2D eigenvalue weighted by Crippen LogP contribution is -2.25. The quantitative estimate of drug-likeness (QED) is 0.157. The summed E-state index contributed by atoms with van der Waals surface area (Å²) in [5, 5.41) is 10.0. The number of aromatic nitrogens is 2. The summed E-state index contributed by atoms with van der Waals surface area (Å²) in [6, 6.07) is 99.0. The molecule has 2 heterocycles. The van der Waals surface area contributed by atoms with Gasteiger partial charge in [0, 0.05) is 27.6 Å². The normalized spacial score (nSPS) is 13.0. The van der Waals surface area contributed by atoms with Crippen molar-refractivity contribution in [2.24, 2.45) is 0 Å². The van der Waals surface area contributed by atoms with Crippen LogP contribution in [0.3, 0.4) is 0 Å². The zero-order valence-electron chi connectivity index (χ0n) is 40.3. The second kappa shape index (κ2) is 15.7. The van der Waals surface area contributed by atoms with Crippen molar-refractivity contribution in [3.05, 3.63) is 289 Å². The molecule has 12 aromatic carbocycles. The van der Waals surface area contributed by atoms with Crippen LogP contribution in [0.2, 0.25) is 0 Å². The average molecular weight is 937 g/mol. The van der Waals surface area contributed by atoms with E-state index in [0.717, 1.165) is 50.5 Å². The highest BCUT2D eigenvalue weighted by Crippen LogP contribution is 2.63. The first-order valence-electron chi connectivity index (χ1n) is 25.7. The van der Waals surface area contributed by atoms with Gasteiger partial charge in [-0.15, -0.1) is 0 Å². The molecule has 2 nitrogen and oxygen atoms in total. The Labute approximate surface area is 428 Å². The van der Waals surface area contributed by atoms with Gasteiger partial charge in [0.05, 0.1) is 27.8 Å². The Bertz CT molecular complexity index is 4520. The molecule has 14 aromatic rings. The van der Waals surface area contributed by atoms with Gasteiger partial charge in [0.25, 0.3) is 0 Å². The van der Waals surface area contributed by atoms with Crippen LogP contribution in [0.1, 0.15) is 22.3 Å². The molecule has 2 aromatic heterocycles. The minimum atomic E-state index is -0.460. The van der Waals surface area contributed by atoms with E-state index in [9.17, 15) is 0 Å². The maximum Gasteiger partial charge on any atom is 0.0725 e. The topological polar surface area (TPSA) is 17.8 Å². The van der Waals surface area contributed by atoms with E-state index in [0.29, 0.717) is 0 Å². The molecule has 2 heteroatoms. The second-order valence-corrected chi connectivity index (χ2v) is 20.1. The van der Waals surface area contributed by atoms with E-state index in [2.05, 4.69) is 271 Å². The summed E-state index contributed by atoms with van der Waals surface area (Å²) in [7, 11) is 0. The van der Waals surface area contributed by atoms with Gasteiger partial charge in [0.2, 0.25) is 0 Å². The van der Waals surface area contributed by atoms with Crippen LogP contribution in [0, 0.1) is 0 Å². The van der Waals surface area contributed by atoms with Gasteiger partial charge in [0.15, 0.2) is 0 Å². The van der Waals surface area contributed by atoms with Crippen LogP contribution in [0.15, 0.2) is 267 Å². The van der Waals surface area contributed by atoms with Crippen LogP contribution in [-0.4, -0.2) is 9.55 Å². The minimum Gasteiger partial charge on any atom is -0.309 e. The first-order valence-corrected chi connectivity index (χ1v) is 25.7. The van der Waals surface area contributed by atoms with Crippen molar-refractivity contribution in [2.45, 2.75) is 5.41 Å². The number of benzene rings is 12. The van der Waals surface area contributed by atoms with Gasteiger partial charge in [-0.25, -0.2) is 4.98 Å². The lowest BCUT2D eigenvalue weighted by molar-refractivity contribution is 0.794. The van der Waals surface area contributed by atoms with Gasteiger partial charge >= 0.3 is 0 Å². The number of nitrogens with zero attached hydrogens (tertiary/aromatic N) is 2. The van der Waals surface area contributed by atoms with E-state index in [4.69, 9.17) is 4.98 Å². The molecular weight excluding hydrogens is 893 g/mol. The third-order valence-corrected chi connectivity index (χ3v) is 16.4. The molecule has 2 aliphatic rings. The van der Waals surface area contributed by atoms with Crippen molar-refractivity contribution in [3.8, 4) is 72.7 Å². The van der Waals surface area contributed by atoms with Gasteiger partial charge in [-0.1, -0.05) is 212 Å². The fourth-order valence-corrected chi connectivity index (χ4v) is 13.2. The predicted octanol–water partition coefficient (Wildman–Crippen LogP) is 18.6. The molecule has 2 aliphatic carbocycles. The molecule has 0 saturated heterocycles. The molecule has 0 amide bonds. The Morgan fingerprint density at radius 2 is 0.676 bits per heavy atom. The highest BCUT2D eigenvalue weighted by atomic mass is 15.0. The van der Waals surface area contributed by atoms with E-state index in [1.807, 2.05) is 0 Å². The smallest absolute Gasteiger partial charge is 0.0725 e. The predicted molar refractivity (Wildman–Crippen MR) is 309 cm³/mol. The van der Waals surface area contributed by atoms with Crippen molar-refractivity contribution in [2.75, 3.05) is 0 Å². The standard InChI is InChI=1S/C72H44N2/c1-2-18-45(19-3-1)49-43-68(47-35-37-60-59-26-10-15-31-66(59)72(67(60)42-47)64-29-13-8-24-57(64)58-25-9-14-30-65(58)72)73-69(44-49)50-38-48(39-51(40-50)74-70-32-16-11-27-61(70)62-28-12-17-33-71(62)74)46-34-36-56-54-22-5-4-20-52(54)53-21-6-7-23-55(53)63(56)41-46/h1-44H. The molecule has 16 rings (SSSR count). The molecule has 0 fully saturated rings. The molecule has 0 radical (unpaired) electrons. The monoisotopic (exact) mass is 936 g/mol. The van der Waals surface area contributed by atoms with Crippen molar-refractivity contribution < 1.29 is 0 Å². The Hall–Kier alpha value is -9.63. The van der Waals surface area contributed by atoms with Crippen LogP contribution in [-0.2, 0) is 5.41 Å². The summed E-state index contributed by atoms with van der Waals surface area (Å²) in [5.74, 6) is 0. The van der Waals surface area contributed by atoms with Gasteiger partial charge in [-0.2, -0.15) is 0 Å². The average Bonchev–Trinajstić information content (AvgIpc) is 4.11. The SMILES string of the molecule is c1ccc(-c2cc(-c3cc(-c4ccc5c6ccccc6c6ccccc6c5c4)cc(-n4c5ccccc5c5ccccc54)c3)nc(-c3ccc4c(c3)C3(c5ccccc5-c5ccccc53)c3ccccc3-4)c2)cc1. The van der Waals surface area contributed by atoms with Crippen molar-refractivity contribution in [1.29, 1.82) is 0 Å². The Morgan fingerprint density at radius 1 is 0.243 bits per heavy atom. The molecule has 0 bridgehead atoms. The number of fused-ring (bicyclic) bond motifs is 19. The minimum absolute atomic E-state index is 0.460. The van der Waals surface area contributed by atoms with Crippen molar-refractivity contribution >= 4 is 54.1 Å². The van der Waals surface area contributed by atoms with Crippen LogP contribution >= 0.6 is 0 Å². The zero-order valence-corrected chi connectivity index (χ0v) is 40.3. The third-order valence-electron chi connectivity index (χ3n) is 16.4. The third kappa shape index (κ3) is 5.79. The molecular formula is C72H44N2. The van der Waals surface area contributed by atoms with Gasteiger partial charge in [-0.3, -0.25) is 0 Å². The molecule has 342 valence electrons. The molecule has 0 unspecified atom stereocenters. The maximum atomic E-state index is 5.78. The lowest BCUT2D eigenvalue weighted by Gasteiger charge is -2.30. The fraction of sp³-hybridized carbons (Fsp3) is 0.0139. The van der Waals surface area contributed by atoms with E-state index in [1.165, 1.54) is 98.6 Å². The van der Waals surface area contributed by atoms with E-state index in [-0.39, 0.29) is 0 Å². The number of para-hydroxylation sites is 2. The number of hydrogen-bond acceptors (Lipinski definition) is 1. The van der Waals surface area contributed by atoms with Gasteiger partial charge in [-0.05, 0) is 154 Å². The first kappa shape index (κ1) is 41.0. The Morgan fingerprint density at radius 3 is 1.27 bits per heavy atom. The number of rotatable bonds is 5. The van der Waals surface area contributed by atoms with Crippen molar-refractivity contribution in [1.82, 2.24) is 9.55 Å². The molecule has 0 atom stereocenters. The zero-order chi connectivity index (χ0) is 48.5. The summed E-state index contributed by atoms with van der Waals surface area (Å²) in [4.78, 5) is 5.78. The van der Waals surface area contributed by atoms with E-state index >= 15 is 0 Å². The largest absolute Gasteiger partial charge is 0.309 e. The first-order chi connectivity index (χ1) is 36.7. The molecule has 0 saturated carbocycles. The summed E-state index contributed by atoms with van der Waals surface area (Å²) in [5.41, 5.74) is 22.0. The molecule has 0 aliphatic heterocycles. The van der Waals surface area contributed by atoms with Crippen LogP contribution in [0.25, 0.3) is 127 Å². The van der Waals surface area contributed by atoms with Gasteiger partial charge in [0.1, 0.15) is 0 Å². The van der Waals surface area contributed by atoms with Crippen LogP contribution in [0.5, 0.6) is 0 Å². The molecule has 74 heavy (non-hydrogen) atoms. The second-order valence-electron chi connectivity index (χ2n) is 20.1. The Kier molecular flexibility index (Phi) is 8.70. The Balaban J connectivity index is 0.952. The summed E-state index contributed by atoms with van der Waals surface area (Å²) >= 11 is 0. The van der Waals surface area contributed by atoms with E-state index in [1.54, 1.807) is 0 Å². The van der Waals surface area contributed by atoms with Crippen LogP contribution < -0.4 is 0 Å². The van der Waals surface area contributed by atoms with Gasteiger partial charge < -0.3 is 4.57 Å². The molecule has 0 N–H and O–H groups in total. The molecule has 1 spiro atoms. The number of hydrogen-bond donors (Lipinski definition) is 0. The highest BCUT2D eigenvalue weighted by Gasteiger charge is 2.51. The van der Waals surface area contributed by atoms with E-state index < -0.39 is 5.41 Å². The number of pyridine rings is 1. The summed E-state index contributed by atoms with van der Waals surface area (Å²) in [6.07, 6.45) is 0. The highest BCUT2D eigenvalue weighted by molar-refractivity contribution is 6.25. The van der Waals surface area contributed by atoms with Crippen LogP contribution in [0.4, 0.5) is 0 Å². The lowest BCUT2D eigenvalue weighted by atomic mass is 9.70. The van der Waals surface area contributed by atoms with Crippen molar-refractivity contribution in [3.63, 3.8) is 0 Å². The summed E-state index contributed by atoms with van der Waals surface area (Å²) < 4.78 is 2.44.